The first-order valence-corrected chi connectivity index (χ1v) is 6.88. The summed E-state index contributed by atoms with van der Waals surface area (Å²) in [5.74, 6) is 0.587. The molecule has 0 radical (unpaired) electrons. The number of aromatic nitrogens is 2. The SMILES string of the molecule is CCn1cc(N)c(C(=O)N(C)CCOc2ccccc2)n1. The summed E-state index contributed by atoms with van der Waals surface area (Å²) in [4.78, 5) is 13.8. The number of likely N-dealkylation sites (N-methyl/N-ethyl adjacent to an activating group) is 1. The second-order valence-electron chi connectivity index (χ2n) is 4.68. The van der Waals surface area contributed by atoms with Crippen LogP contribution in [-0.2, 0) is 6.54 Å². The average Bonchev–Trinajstić information content (AvgIpc) is 2.88. The highest BCUT2D eigenvalue weighted by atomic mass is 16.5. The predicted molar refractivity (Wildman–Crippen MR) is 81.2 cm³/mol. The fraction of sp³-hybridized carbons (Fsp3) is 0.333. The molecule has 0 spiro atoms. The molecule has 0 aliphatic rings. The van der Waals surface area contributed by atoms with Crippen LogP contribution in [0.3, 0.4) is 0 Å². The second kappa shape index (κ2) is 6.78. The number of aryl methyl sites for hydroxylation is 1. The van der Waals surface area contributed by atoms with Gasteiger partial charge in [0.15, 0.2) is 5.69 Å². The van der Waals surface area contributed by atoms with E-state index in [0.29, 0.717) is 31.1 Å². The summed E-state index contributed by atoms with van der Waals surface area (Å²) < 4.78 is 7.22. The van der Waals surface area contributed by atoms with E-state index in [4.69, 9.17) is 10.5 Å². The van der Waals surface area contributed by atoms with Gasteiger partial charge in [-0.05, 0) is 19.1 Å². The molecule has 0 aliphatic carbocycles. The quantitative estimate of drug-likeness (QED) is 0.877. The molecule has 1 aromatic heterocycles. The number of carbonyl (C=O) groups is 1. The molecule has 0 unspecified atom stereocenters. The average molecular weight is 288 g/mol. The summed E-state index contributed by atoms with van der Waals surface area (Å²) in [5, 5.41) is 4.18. The number of para-hydroxylation sites is 1. The molecule has 0 aliphatic heterocycles. The highest BCUT2D eigenvalue weighted by Crippen LogP contribution is 2.12. The van der Waals surface area contributed by atoms with Gasteiger partial charge in [-0.1, -0.05) is 18.2 Å². The van der Waals surface area contributed by atoms with Gasteiger partial charge in [0.25, 0.3) is 5.91 Å². The molecule has 0 saturated carbocycles. The van der Waals surface area contributed by atoms with Crippen LogP contribution in [0.15, 0.2) is 36.5 Å². The molecule has 21 heavy (non-hydrogen) atoms. The van der Waals surface area contributed by atoms with Gasteiger partial charge >= 0.3 is 0 Å². The van der Waals surface area contributed by atoms with E-state index in [9.17, 15) is 4.79 Å². The van der Waals surface area contributed by atoms with Gasteiger partial charge in [0.2, 0.25) is 0 Å². The van der Waals surface area contributed by atoms with Gasteiger partial charge in [-0.15, -0.1) is 0 Å². The molecule has 0 saturated heterocycles. The number of ether oxygens (including phenoxy) is 1. The van der Waals surface area contributed by atoms with Crippen molar-refractivity contribution in [1.82, 2.24) is 14.7 Å². The number of nitrogen functional groups attached to an aromatic ring is 1. The molecule has 0 atom stereocenters. The lowest BCUT2D eigenvalue weighted by molar-refractivity contribution is 0.0768. The molecule has 1 aromatic carbocycles. The van der Waals surface area contributed by atoms with E-state index in [1.54, 1.807) is 22.8 Å². The van der Waals surface area contributed by atoms with Crippen molar-refractivity contribution in [3.05, 3.63) is 42.2 Å². The van der Waals surface area contributed by atoms with Crippen molar-refractivity contribution in [2.75, 3.05) is 25.9 Å². The molecule has 0 bridgehead atoms. The molecule has 1 heterocycles. The van der Waals surface area contributed by atoms with Crippen LogP contribution in [0.25, 0.3) is 0 Å². The number of hydrogen-bond acceptors (Lipinski definition) is 4. The molecular weight excluding hydrogens is 268 g/mol. The molecule has 0 fully saturated rings. The fourth-order valence-corrected chi connectivity index (χ4v) is 1.86. The van der Waals surface area contributed by atoms with E-state index in [-0.39, 0.29) is 5.91 Å². The van der Waals surface area contributed by atoms with E-state index in [0.717, 1.165) is 5.75 Å². The van der Waals surface area contributed by atoms with E-state index in [2.05, 4.69) is 5.10 Å². The largest absolute Gasteiger partial charge is 0.492 e. The molecule has 112 valence electrons. The molecule has 2 rings (SSSR count). The van der Waals surface area contributed by atoms with Gasteiger partial charge in [0.05, 0.1) is 12.2 Å². The van der Waals surface area contributed by atoms with E-state index in [1.807, 2.05) is 37.3 Å². The smallest absolute Gasteiger partial charge is 0.276 e. The molecular formula is C15H20N4O2. The standard InChI is InChI=1S/C15H20N4O2/c1-3-19-11-13(16)14(17-19)15(20)18(2)9-10-21-12-7-5-4-6-8-12/h4-8,11H,3,9-10,16H2,1-2H3. The van der Waals surface area contributed by atoms with Crippen LogP contribution >= 0.6 is 0 Å². The van der Waals surface area contributed by atoms with Crippen molar-refractivity contribution in [3.8, 4) is 5.75 Å². The Morgan fingerprint density at radius 2 is 2.10 bits per heavy atom. The topological polar surface area (TPSA) is 73.4 Å². The zero-order valence-corrected chi connectivity index (χ0v) is 12.3. The molecule has 2 N–H and O–H groups in total. The van der Waals surface area contributed by atoms with Crippen molar-refractivity contribution in [2.45, 2.75) is 13.5 Å². The minimum Gasteiger partial charge on any atom is -0.492 e. The maximum absolute atomic E-state index is 12.3. The van der Waals surface area contributed by atoms with Crippen LogP contribution in [-0.4, -0.2) is 40.8 Å². The lowest BCUT2D eigenvalue weighted by Crippen LogP contribution is -2.31. The molecule has 1 amide bonds. The maximum Gasteiger partial charge on any atom is 0.276 e. The van der Waals surface area contributed by atoms with Crippen LogP contribution in [0.4, 0.5) is 5.69 Å². The van der Waals surface area contributed by atoms with Crippen molar-refractivity contribution in [3.63, 3.8) is 0 Å². The summed E-state index contributed by atoms with van der Waals surface area (Å²) in [6.07, 6.45) is 1.67. The third-order valence-electron chi connectivity index (χ3n) is 3.10. The zero-order chi connectivity index (χ0) is 15.2. The maximum atomic E-state index is 12.3. The molecule has 6 nitrogen and oxygen atoms in total. The highest BCUT2D eigenvalue weighted by molar-refractivity contribution is 5.96. The summed E-state index contributed by atoms with van der Waals surface area (Å²) in [6, 6.07) is 9.49. The zero-order valence-electron chi connectivity index (χ0n) is 12.3. The van der Waals surface area contributed by atoms with E-state index in [1.165, 1.54) is 0 Å². The Labute approximate surface area is 124 Å². The van der Waals surface area contributed by atoms with Crippen LogP contribution in [0.2, 0.25) is 0 Å². The third-order valence-corrected chi connectivity index (χ3v) is 3.10. The monoisotopic (exact) mass is 288 g/mol. The number of nitrogens with zero attached hydrogens (tertiary/aromatic N) is 3. The number of hydrogen-bond donors (Lipinski definition) is 1. The number of anilines is 1. The van der Waals surface area contributed by atoms with Gasteiger partial charge in [-0.3, -0.25) is 9.48 Å². The van der Waals surface area contributed by atoms with Crippen molar-refractivity contribution < 1.29 is 9.53 Å². The molecule has 2 aromatic rings. The minimum atomic E-state index is -0.198. The Balaban J connectivity index is 1.89. The van der Waals surface area contributed by atoms with Gasteiger partial charge in [-0.25, -0.2) is 0 Å². The Kier molecular flexibility index (Phi) is 4.81. The number of carbonyl (C=O) groups excluding carboxylic acids is 1. The summed E-state index contributed by atoms with van der Waals surface area (Å²) in [7, 11) is 1.71. The van der Waals surface area contributed by atoms with Gasteiger partial charge in [0, 0.05) is 19.8 Å². The summed E-state index contributed by atoms with van der Waals surface area (Å²) >= 11 is 0. The van der Waals surface area contributed by atoms with Crippen molar-refractivity contribution in [2.24, 2.45) is 0 Å². The van der Waals surface area contributed by atoms with Crippen LogP contribution < -0.4 is 10.5 Å². The number of amides is 1. The number of benzene rings is 1. The molecule has 6 heteroatoms. The van der Waals surface area contributed by atoms with Gasteiger partial charge in [0.1, 0.15) is 12.4 Å². The van der Waals surface area contributed by atoms with E-state index >= 15 is 0 Å². The Bertz CT molecular complexity index is 595. The van der Waals surface area contributed by atoms with Crippen LogP contribution in [0, 0.1) is 0 Å². The van der Waals surface area contributed by atoms with Crippen molar-refractivity contribution in [1.29, 1.82) is 0 Å². The van der Waals surface area contributed by atoms with Crippen molar-refractivity contribution >= 4 is 11.6 Å². The van der Waals surface area contributed by atoms with Crippen LogP contribution in [0.1, 0.15) is 17.4 Å². The third kappa shape index (κ3) is 3.75. The van der Waals surface area contributed by atoms with Crippen LogP contribution in [0.5, 0.6) is 5.75 Å². The Hall–Kier alpha value is -2.50. The minimum absolute atomic E-state index is 0.198. The second-order valence-corrected chi connectivity index (χ2v) is 4.68. The first-order chi connectivity index (χ1) is 10.1. The summed E-state index contributed by atoms with van der Waals surface area (Å²) in [5.41, 5.74) is 6.50. The number of rotatable bonds is 6. The lowest BCUT2D eigenvalue weighted by atomic mass is 10.3. The normalized spacial score (nSPS) is 10.4. The van der Waals surface area contributed by atoms with Gasteiger partial charge < -0.3 is 15.4 Å². The van der Waals surface area contributed by atoms with E-state index < -0.39 is 0 Å². The fourth-order valence-electron chi connectivity index (χ4n) is 1.86. The highest BCUT2D eigenvalue weighted by Gasteiger charge is 2.18. The lowest BCUT2D eigenvalue weighted by Gasteiger charge is -2.16. The summed E-state index contributed by atoms with van der Waals surface area (Å²) in [6.45, 7) is 3.50. The number of nitrogens with two attached hydrogens (primary N) is 1. The first-order valence-electron chi connectivity index (χ1n) is 6.88. The van der Waals surface area contributed by atoms with Gasteiger partial charge in [-0.2, -0.15) is 5.10 Å². The Morgan fingerprint density at radius 1 is 1.38 bits per heavy atom. The first kappa shape index (κ1) is 14.9. The predicted octanol–water partition coefficient (Wildman–Crippen LogP) is 1.64. The Morgan fingerprint density at radius 3 is 2.71 bits per heavy atom.